The van der Waals surface area contributed by atoms with E-state index < -0.39 is 5.97 Å². The van der Waals surface area contributed by atoms with Crippen molar-refractivity contribution in [1.82, 2.24) is 15.3 Å². The van der Waals surface area contributed by atoms with E-state index in [0.29, 0.717) is 11.0 Å². The molecule has 0 radical (unpaired) electrons. The number of nitrogens with zero attached hydrogens (tertiary/aromatic N) is 2. The number of fused-ring (bicyclic) bond motifs is 2. The van der Waals surface area contributed by atoms with Crippen LogP contribution in [0.1, 0.15) is 10.5 Å². The van der Waals surface area contributed by atoms with Crippen molar-refractivity contribution in [1.29, 1.82) is 0 Å². The van der Waals surface area contributed by atoms with Crippen LogP contribution < -0.4 is 0 Å². The molecule has 0 saturated heterocycles. The van der Waals surface area contributed by atoms with Crippen molar-refractivity contribution < 1.29 is 14.5 Å². The summed E-state index contributed by atoms with van der Waals surface area (Å²) in [6.07, 6.45) is 0. The zero-order valence-electron chi connectivity index (χ0n) is 10.7. The highest BCUT2D eigenvalue weighted by atomic mass is 16.6. The summed E-state index contributed by atoms with van der Waals surface area (Å²) in [5, 5.41) is 17.6. The van der Waals surface area contributed by atoms with Crippen LogP contribution in [0.2, 0.25) is 0 Å². The third-order valence-corrected chi connectivity index (χ3v) is 3.46. The second-order valence-corrected chi connectivity index (χ2v) is 4.72. The molecule has 0 unspecified atom stereocenters. The van der Waals surface area contributed by atoms with Gasteiger partial charge in [-0.1, -0.05) is 18.2 Å². The molecule has 0 atom stereocenters. The van der Waals surface area contributed by atoms with E-state index in [1.807, 2.05) is 36.4 Å². The van der Waals surface area contributed by atoms with Gasteiger partial charge < -0.3 is 10.1 Å². The zero-order chi connectivity index (χ0) is 14.4. The fourth-order valence-electron chi connectivity index (χ4n) is 2.47. The lowest BCUT2D eigenvalue weighted by Crippen LogP contribution is -1.94. The SMILES string of the molecule is O=C(O)c1cc2c(-c3ccc4nonc4c3)cccc2[nH]1. The third-order valence-electron chi connectivity index (χ3n) is 3.46. The molecule has 0 saturated carbocycles. The van der Waals surface area contributed by atoms with Crippen LogP contribution >= 0.6 is 0 Å². The van der Waals surface area contributed by atoms with Gasteiger partial charge in [-0.2, -0.15) is 0 Å². The fourth-order valence-corrected chi connectivity index (χ4v) is 2.47. The van der Waals surface area contributed by atoms with Crippen LogP contribution in [0.25, 0.3) is 33.1 Å². The van der Waals surface area contributed by atoms with Crippen molar-refractivity contribution in [3.8, 4) is 11.1 Å². The predicted molar refractivity (Wildman–Crippen MR) is 76.1 cm³/mol. The highest BCUT2D eigenvalue weighted by molar-refractivity contribution is 6.01. The molecule has 0 aliphatic carbocycles. The maximum absolute atomic E-state index is 11.1. The Kier molecular flexibility index (Phi) is 2.32. The predicted octanol–water partition coefficient (Wildman–Crippen LogP) is 3.07. The van der Waals surface area contributed by atoms with E-state index in [-0.39, 0.29) is 5.69 Å². The first-order valence-electron chi connectivity index (χ1n) is 6.30. The van der Waals surface area contributed by atoms with Crippen LogP contribution in [0.15, 0.2) is 47.1 Å². The molecule has 6 nitrogen and oxygen atoms in total. The van der Waals surface area contributed by atoms with Gasteiger partial charge in [-0.05, 0) is 45.7 Å². The lowest BCUT2D eigenvalue weighted by molar-refractivity contribution is 0.0691. The summed E-state index contributed by atoms with van der Waals surface area (Å²) in [6, 6.07) is 12.9. The van der Waals surface area contributed by atoms with Crippen LogP contribution in [-0.4, -0.2) is 26.4 Å². The number of aromatic amines is 1. The molecule has 2 heterocycles. The molecule has 0 spiro atoms. The van der Waals surface area contributed by atoms with Crippen molar-refractivity contribution in [2.45, 2.75) is 0 Å². The molecule has 0 amide bonds. The van der Waals surface area contributed by atoms with E-state index in [2.05, 4.69) is 15.3 Å². The number of rotatable bonds is 2. The van der Waals surface area contributed by atoms with E-state index in [9.17, 15) is 4.79 Å². The van der Waals surface area contributed by atoms with E-state index in [0.717, 1.165) is 22.0 Å². The van der Waals surface area contributed by atoms with Gasteiger partial charge >= 0.3 is 5.97 Å². The Balaban J connectivity index is 1.98. The Labute approximate surface area is 118 Å². The number of aromatic carboxylic acids is 1. The first kappa shape index (κ1) is 11.7. The summed E-state index contributed by atoms with van der Waals surface area (Å²) < 4.78 is 4.69. The van der Waals surface area contributed by atoms with Gasteiger partial charge in [0.05, 0.1) is 0 Å². The number of aromatic nitrogens is 3. The molecular formula is C15H9N3O3. The maximum atomic E-state index is 11.1. The molecule has 6 heteroatoms. The molecule has 2 aromatic carbocycles. The minimum atomic E-state index is -0.978. The van der Waals surface area contributed by atoms with Gasteiger partial charge in [-0.25, -0.2) is 9.42 Å². The summed E-state index contributed by atoms with van der Waals surface area (Å²) in [7, 11) is 0. The minimum Gasteiger partial charge on any atom is -0.477 e. The third kappa shape index (κ3) is 1.77. The summed E-state index contributed by atoms with van der Waals surface area (Å²) in [6.45, 7) is 0. The second kappa shape index (κ2) is 4.17. The number of hydrogen-bond donors (Lipinski definition) is 2. The second-order valence-electron chi connectivity index (χ2n) is 4.72. The number of carboxylic acid groups (broad SMARTS) is 1. The molecule has 102 valence electrons. The molecule has 4 rings (SSSR count). The van der Waals surface area contributed by atoms with E-state index in [1.165, 1.54) is 0 Å². The highest BCUT2D eigenvalue weighted by Crippen LogP contribution is 2.30. The molecule has 0 aliphatic rings. The van der Waals surface area contributed by atoms with Crippen molar-refractivity contribution in [3.05, 3.63) is 48.2 Å². The average molecular weight is 279 g/mol. The lowest BCUT2D eigenvalue weighted by Gasteiger charge is -2.03. The maximum Gasteiger partial charge on any atom is 0.352 e. The number of hydrogen-bond acceptors (Lipinski definition) is 4. The topological polar surface area (TPSA) is 92.0 Å². The Morgan fingerprint density at radius 2 is 1.95 bits per heavy atom. The standard InChI is InChI=1S/C15H9N3O3/c19-15(20)14-7-10-9(2-1-3-11(10)16-14)8-4-5-12-13(6-8)18-21-17-12/h1-7,16H,(H,19,20). The Morgan fingerprint density at radius 1 is 1.10 bits per heavy atom. The van der Waals surface area contributed by atoms with E-state index >= 15 is 0 Å². The largest absolute Gasteiger partial charge is 0.477 e. The van der Waals surface area contributed by atoms with Crippen LogP contribution in [0.3, 0.4) is 0 Å². The van der Waals surface area contributed by atoms with Crippen molar-refractivity contribution in [2.24, 2.45) is 0 Å². The molecule has 2 N–H and O–H groups in total. The van der Waals surface area contributed by atoms with Crippen molar-refractivity contribution in [2.75, 3.05) is 0 Å². The Hall–Kier alpha value is -3.15. The highest BCUT2D eigenvalue weighted by Gasteiger charge is 2.12. The van der Waals surface area contributed by atoms with Gasteiger partial charge in [0.1, 0.15) is 16.7 Å². The molecule has 0 aliphatic heterocycles. The Bertz CT molecular complexity index is 984. The molecule has 2 aromatic heterocycles. The van der Waals surface area contributed by atoms with Crippen LogP contribution in [-0.2, 0) is 0 Å². The fraction of sp³-hybridized carbons (Fsp3) is 0. The van der Waals surface area contributed by atoms with Crippen LogP contribution in [0, 0.1) is 0 Å². The van der Waals surface area contributed by atoms with Crippen molar-refractivity contribution in [3.63, 3.8) is 0 Å². The number of benzene rings is 2. The summed E-state index contributed by atoms with van der Waals surface area (Å²) in [5.41, 5.74) is 4.16. The quantitative estimate of drug-likeness (QED) is 0.588. The number of carboxylic acids is 1. The monoisotopic (exact) mass is 279 g/mol. The number of nitrogens with one attached hydrogen (secondary N) is 1. The number of carbonyl (C=O) groups is 1. The average Bonchev–Trinajstić information content (AvgIpc) is 3.12. The zero-order valence-corrected chi connectivity index (χ0v) is 10.7. The van der Waals surface area contributed by atoms with Crippen LogP contribution in [0.4, 0.5) is 0 Å². The Morgan fingerprint density at radius 3 is 2.81 bits per heavy atom. The lowest BCUT2D eigenvalue weighted by atomic mass is 10.0. The molecule has 0 fully saturated rings. The molecule has 0 bridgehead atoms. The van der Waals surface area contributed by atoms with Gasteiger partial charge in [-0.3, -0.25) is 0 Å². The summed E-state index contributed by atoms with van der Waals surface area (Å²) in [5.74, 6) is -0.978. The number of H-pyrrole nitrogens is 1. The first-order valence-corrected chi connectivity index (χ1v) is 6.30. The normalized spacial score (nSPS) is 11.2. The van der Waals surface area contributed by atoms with Gasteiger partial charge in [-0.15, -0.1) is 0 Å². The minimum absolute atomic E-state index is 0.168. The summed E-state index contributed by atoms with van der Waals surface area (Å²) in [4.78, 5) is 14.0. The van der Waals surface area contributed by atoms with E-state index in [1.54, 1.807) is 6.07 Å². The van der Waals surface area contributed by atoms with Crippen LogP contribution in [0.5, 0.6) is 0 Å². The van der Waals surface area contributed by atoms with Gasteiger partial charge in [0.2, 0.25) is 0 Å². The van der Waals surface area contributed by atoms with Gasteiger partial charge in [0, 0.05) is 10.9 Å². The molecule has 4 aromatic rings. The molecular weight excluding hydrogens is 270 g/mol. The van der Waals surface area contributed by atoms with Gasteiger partial charge in [0.25, 0.3) is 0 Å². The van der Waals surface area contributed by atoms with Gasteiger partial charge in [0.15, 0.2) is 0 Å². The van der Waals surface area contributed by atoms with E-state index in [4.69, 9.17) is 9.74 Å². The van der Waals surface area contributed by atoms with Crippen molar-refractivity contribution >= 4 is 27.9 Å². The summed E-state index contributed by atoms with van der Waals surface area (Å²) >= 11 is 0. The first-order chi connectivity index (χ1) is 10.2. The smallest absolute Gasteiger partial charge is 0.352 e. The molecule has 21 heavy (non-hydrogen) atoms.